The molecular formula is C12H26N4O2. The first-order chi connectivity index (χ1) is 8.51. The van der Waals surface area contributed by atoms with Gasteiger partial charge in [0, 0.05) is 26.0 Å². The quantitative estimate of drug-likeness (QED) is 0.589. The fourth-order valence-corrected chi connectivity index (χ4v) is 1.43. The Balaban J connectivity index is 0.000000327. The number of hydrogen-bond donors (Lipinski definition) is 3. The highest BCUT2D eigenvalue weighted by molar-refractivity contribution is 5.72. The first-order valence-electron chi connectivity index (χ1n) is 6.32. The molecule has 1 heterocycles. The summed E-state index contributed by atoms with van der Waals surface area (Å²) >= 11 is 0. The highest BCUT2D eigenvalue weighted by Crippen LogP contribution is 2.00. The Morgan fingerprint density at radius 3 is 2.44 bits per heavy atom. The van der Waals surface area contributed by atoms with Crippen LogP contribution in [0.25, 0.3) is 0 Å². The Kier molecular flexibility index (Phi) is 9.04. The lowest BCUT2D eigenvalue weighted by Crippen LogP contribution is -2.29. The fraction of sp³-hybridized carbons (Fsp3) is 0.750. The third kappa shape index (κ3) is 7.92. The normalized spacial score (nSPS) is 15.3. The Bertz CT molecular complexity index is 258. The number of carboxylic acids is 1. The zero-order chi connectivity index (χ0) is 14.0. The molecule has 0 fully saturated rings. The van der Waals surface area contributed by atoms with Crippen molar-refractivity contribution in [3.8, 4) is 0 Å². The van der Waals surface area contributed by atoms with Gasteiger partial charge in [0.25, 0.3) is 0 Å². The molecule has 106 valence electrons. The molecule has 0 saturated carbocycles. The average molecular weight is 258 g/mol. The summed E-state index contributed by atoms with van der Waals surface area (Å²) in [5.74, 6) is -0.933. The van der Waals surface area contributed by atoms with Crippen LogP contribution < -0.4 is 11.5 Å². The number of carbonyl (C=O) groups is 1. The van der Waals surface area contributed by atoms with E-state index in [2.05, 4.69) is 36.2 Å². The zero-order valence-corrected chi connectivity index (χ0v) is 11.4. The minimum absolute atomic E-state index is 0.520. The van der Waals surface area contributed by atoms with Gasteiger partial charge in [0.05, 0.1) is 6.67 Å². The molecule has 0 unspecified atom stereocenters. The Morgan fingerprint density at radius 2 is 2.11 bits per heavy atom. The van der Waals surface area contributed by atoms with E-state index >= 15 is 0 Å². The molecule has 0 aromatic rings. The van der Waals surface area contributed by atoms with Crippen LogP contribution in [-0.4, -0.2) is 53.7 Å². The van der Waals surface area contributed by atoms with Crippen LogP contribution in [0.3, 0.4) is 0 Å². The molecule has 0 saturated heterocycles. The minimum atomic E-state index is -0.933. The summed E-state index contributed by atoms with van der Waals surface area (Å²) < 4.78 is 0. The largest absolute Gasteiger partial charge is 0.480 e. The van der Waals surface area contributed by atoms with Crippen LogP contribution >= 0.6 is 0 Å². The minimum Gasteiger partial charge on any atom is -0.480 e. The summed E-state index contributed by atoms with van der Waals surface area (Å²) in [4.78, 5) is 14.5. The van der Waals surface area contributed by atoms with Gasteiger partial charge in [-0.15, -0.1) is 0 Å². The van der Waals surface area contributed by atoms with Crippen LogP contribution in [0.15, 0.2) is 12.4 Å². The number of unbranched alkanes of at least 4 members (excludes halogenated alkanes) is 1. The molecule has 18 heavy (non-hydrogen) atoms. The van der Waals surface area contributed by atoms with Crippen LogP contribution in [0.5, 0.6) is 0 Å². The van der Waals surface area contributed by atoms with Gasteiger partial charge < -0.3 is 26.4 Å². The summed E-state index contributed by atoms with van der Waals surface area (Å²) in [7, 11) is 2.08. The first-order valence-corrected chi connectivity index (χ1v) is 6.32. The molecule has 0 spiro atoms. The highest BCUT2D eigenvalue weighted by atomic mass is 16.4. The number of carboxylic acid groups (broad SMARTS) is 1. The molecule has 0 aromatic carbocycles. The lowest BCUT2D eigenvalue weighted by Gasteiger charge is -2.14. The predicted octanol–water partition coefficient (Wildman–Crippen LogP) is 0.210. The van der Waals surface area contributed by atoms with Crippen molar-refractivity contribution < 1.29 is 9.90 Å². The van der Waals surface area contributed by atoms with E-state index in [9.17, 15) is 4.79 Å². The molecular weight excluding hydrogens is 232 g/mol. The molecule has 0 bridgehead atoms. The summed E-state index contributed by atoms with van der Waals surface area (Å²) in [5.41, 5.74) is 10.4. The van der Waals surface area contributed by atoms with Gasteiger partial charge in [-0.2, -0.15) is 0 Å². The number of aliphatic carboxylic acids is 1. The maximum Gasteiger partial charge on any atom is 0.320 e. The van der Waals surface area contributed by atoms with Crippen molar-refractivity contribution in [1.82, 2.24) is 9.80 Å². The van der Waals surface area contributed by atoms with Gasteiger partial charge in [-0.05, 0) is 26.3 Å². The van der Waals surface area contributed by atoms with Gasteiger partial charge in [0.2, 0.25) is 0 Å². The van der Waals surface area contributed by atoms with Gasteiger partial charge in [-0.3, -0.25) is 4.79 Å². The topological polar surface area (TPSA) is 95.8 Å². The number of hydrogen-bond acceptors (Lipinski definition) is 5. The van der Waals surface area contributed by atoms with Gasteiger partial charge in [-0.1, -0.05) is 6.42 Å². The van der Waals surface area contributed by atoms with E-state index in [1.54, 1.807) is 0 Å². The zero-order valence-electron chi connectivity index (χ0n) is 11.4. The number of rotatable bonds is 6. The van der Waals surface area contributed by atoms with Gasteiger partial charge >= 0.3 is 5.97 Å². The Hall–Kier alpha value is -1.27. The molecule has 1 atom stereocenters. The first kappa shape index (κ1) is 16.7. The van der Waals surface area contributed by atoms with E-state index in [4.69, 9.17) is 16.6 Å². The van der Waals surface area contributed by atoms with Crippen molar-refractivity contribution in [2.45, 2.75) is 32.2 Å². The number of nitrogens with two attached hydrogens (primary N) is 2. The number of nitrogens with zero attached hydrogens (tertiary/aromatic N) is 2. The second-order valence-electron chi connectivity index (χ2n) is 4.33. The van der Waals surface area contributed by atoms with Crippen LogP contribution in [-0.2, 0) is 4.79 Å². The second-order valence-corrected chi connectivity index (χ2v) is 4.33. The van der Waals surface area contributed by atoms with Crippen LogP contribution in [0.4, 0.5) is 0 Å². The highest BCUT2D eigenvalue weighted by Gasteiger charge is 2.09. The monoisotopic (exact) mass is 258 g/mol. The Morgan fingerprint density at radius 1 is 1.44 bits per heavy atom. The maximum absolute atomic E-state index is 10.1. The molecule has 5 N–H and O–H groups in total. The van der Waals surface area contributed by atoms with E-state index in [1.807, 2.05) is 0 Å². The van der Waals surface area contributed by atoms with E-state index in [0.29, 0.717) is 13.0 Å². The van der Waals surface area contributed by atoms with Crippen LogP contribution in [0.2, 0.25) is 0 Å². The lowest BCUT2D eigenvalue weighted by atomic mass is 10.1. The predicted molar refractivity (Wildman–Crippen MR) is 72.7 cm³/mol. The van der Waals surface area contributed by atoms with Gasteiger partial charge in [-0.25, -0.2) is 0 Å². The fourth-order valence-electron chi connectivity index (χ4n) is 1.43. The van der Waals surface area contributed by atoms with Crippen molar-refractivity contribution >= 4 is 5.97 Å². The molecule has 1 aliphatic heterocycles. The summed E-state index contributed by atoms with van der Waals surface area (Å²) in [6.45, 7) is 4.92. The lowest BCUT2D eigenvalue weighted by molar-refractivity contribution is -0.138. The SMILES string of the molecule is CCN1C=CN(C)C1.NCCCC[C@H](N)C(=O)O. The molecule has 1 rings (SSSR count). The van der Waals surface area contributed by atoms with E-state index < -0.39 is 12.0 Å². The van der Waals surface area contributed by atoms with Gasteiger partial charge in [0.15, 0.2) is 0 Å². The van der Waals surface area contributed by atoms with Crippen molar-refractivity contribution in [2.75, 3.05) is 26.8 Å². The molecule has 6 heteroatoms. The Labute approximate surface area is 109 Å². The van der Waals surface area contributed by atoms with Gasteiger partial charge in [0.1, 0.15) is 6.04 Å². The smallest absolute Gasteiger partial charge is 0.320 e. The van der Waals surface area contributed by atoms with E-state index in [-0.39, 0.29) is 0 Å². The van der Waals surface area contributed by atoms with E-state index in [0.717, 1.165) is 26.1 Å². The molecule has 6 nitrogen and oxygen atoms in total. The van der Waals surface area contributed by atoms with E-state index in [1.165, 1.54) is 0 Å². The van der Waals surface area contributed by atoms with Crippen molar-refractivity contribution in [1.29, 1.82) is 0 Å². The molecule has 0 amide bonds. The molecule has 1 aliphatic rings. The maximum atomic E-state index is 10.1. The second kappa shape index (κ2) is 9.73. The van der Waals surface area contributed by atoms with Crippen molar-refractivity contribution in [3.05, 3.63) is 12.4 Å². The van der Waals surface area contributed by atoms with Crippen molar-refractivity contribution in [2.24, 2.45) is 11.5 Å². The van der Waals surface area contributed by atoms with Crippen molar-refractivity contribution in [3.63, 3.8) is 0 Å². The van der Waals surface area contributed by atoms with Crippen LogP contribution in [0.1, 0.15) is 26.2 Å². The third-order valence-corrected chi connectivity index (χ3v) is 2.63. The van der Waals surface area contributed by atoms with Crippen LogP contribution in [0, 0.1) is 0 Å². The molecule has 0 aromatic heterocycles. The summed E-state index contributed by atoms with van der Waals surface area (Å²) in [6.07, 6.45) is 6.36. The molecule has 0 radical (unpaired) electrons. The molecule has 0 aliphatic carbocycles. The standard InChI is InChI=1S/C6H14N2O2.C6H12N2/c7-4-2-1-3-5(8)6(9)10;1-3-8-5-4-7(2)6-8/h5H,1-4,7-8H2,(H,9,10);4-5H,3,6H2,1-2H3/t5-;/m0./s1. The third-order valence-electron chi connectivity index (χ3n) is 2.63. The summed E-state index contributed by atoms with van der Waals surface area (Å²) in [5, 5.41) is 8.33. The average Bonchev–Trinajstić information content (AvgIpc) is 2.76. The summed E-state index contributed by atoms with van der Waals surface area (Å²) in [6, 6.07) is -0.716.